The van der Waals surface area contributed by atoms with Crippen molar-refractivity contribution >= 4 is 20.0 Å². The van der Waals surface area contributed by atoms with Gasteiger partial charge in [0.2, 0.25) is 0 Å². The fourth-order valence-corrected chi connectivity index (χ4v) is 3.22. The topological polar surface area (TPSA) is 96.0 Å². The zero-order chi connectivity index (χ0) is 21.5. The van der Waals surface area contributed by atoms with Gasteiger partial charge in [-0.15, -0.1) is 0 Å². The summed E-state index contributed by atoms with van der Waals surface area (Å²) >= 11 is 0. The molecule has 160 valence electrons. The summed E-state index contributed by atoms with van der Waals surface area (Å²) in [6.07, 6.45) is 5.89. The summed E-state index contributed by atoms with van der Waals surface area (Å²) in [5.41, 5.74) is -12.3. The molecule has 0 aliphatic carbocycles. The molecule has 0 saturated heterocycles. The molecule has 0 radical (unpaired) electrons. The lowest BCUT2D eigenvalue weighted by Gasteiger charge is -2.17. The Kier molecular flexibility index (Phi) is 9.07. The summed E-state index contributed by atoms with van der Waals surface area (Å²) in [4.78, 5) is 4.23. The van der Waals surface area contributed by atoms with Crippen molar-refractivity contribution in [3.8, 4) is 0 Å². The van der Waals surface area contributed by atoms with Crippen molar-refractivity contribution in [1.82, 2.24) is 13.9 Å². The van der Waals surface area contributed by atoms with Crippen molar-refractivity contribution in [2.75, 3.05) is 26.4 Å². The first-order valence-corrected chi connectivity index (χ1v) is 9.83. The van der Waals surface area contributed by atoms with Gasteiger partial charge < -0.3 is 14.5 Å². The first-order valence-electron chi connectivity index (χ1n) is 6.87. The molecule has 0 atom stereocenters. The summed E-state index contributed by atoms with van der Waals surface area (Å²) < 4.78 is 114. The molecular weight excluding hydrogens is 432 g/mol. The molecule has 0 saturated carbocycles. The van der Waals surface area contributed by atoms with Crippen LogP contribution in [0.15, 0.2) is 25.2 Å². The number of alkyl halides is 6. The standard InChI is InChI=1S/C9H16N2O.C2HF6NO4S2/c1-3-10-5-6-11(9-10)7-8-12-4-2;3-1(4,5)14(10,11)9-15(12,13)2(6,7)8/h3,5-6H,1,4,7-9H2,2H3;9H. The first kappa shape index (κ1) is 25.5. The van der Waals surface area contributed by atoms with E-state index in [0.29, 0.717) is 0 Å². The SMILES string of the molecule is C=CN1C=CN(CCOCC)C1.O=S(=O)(NS(=O)(=O)C(F)(F)F)C(F)(F)F. The molecule has 0 aromatic rings. The molecule has 0 aromatic carbocycles. The third kappa shape index (κ3) is 8.35. The zero-order valence-corrected chi connectivity index (χ0v) is 15.4. The minimum absolute atomic E-state index is 0.493. The quantitative estimate of drug-likeness (QED) is 0.465. The average molecular weight is 449 g/mol. The van der Waals surface area contributed by atoms with Crippen LogP contribution >= 0.6 is 0 Å². The summed E-state index contributed by atoms with van der Waals surface area (Å²) in [5.74, 6) is 0. The normalized spacial score (nSPS) is 15.5. The van der Waals surface area contributed by atoms with E-state index < -0.39 is 35.2 Å². The van der Waals surface area contributed by atoms with E-state index in [9.17, 15) is 43.2 Å². The Morgan fingerprint density at radius 3 is 1.89 bits per heavy atom. The van der Waals surface area contributed by atoms with Crippen molar-refractivity contribution < 1.29 is 47.9 Å². The first-order chi connectivity index (χ1) is 12.1. The molecule has 16 heteroatoms. The van der Waals surface area contributed by atoms with Crippen LogP contribution in [-0.2, 0) is 24.8 Å². The number of halogens is 6. The highest BCUT2D eigenvalue weighted by Crippen LogP contribution is 2.27. The van der Waals surface area contributed by atoms with Crippen LogP contribution in [0, 0.1) is 0 Å². The molecule has 27 heavy (non-hydrogen) atoms. The van der Waals surface area contributed by atoms with E-state index in [1.165, 1.54) is 0 Å². The number of sulfonamides is 2. The largest absolute Gasteiger partial charge is 0.512 e. The van der Waals surface area contributed by atoms with E-state index in [2.05, 4.69) is 17.7 Å². The molecule has 1 rings (SSSR count). The maximum absolute atomic E-state index is 11.5. The van der Waals surface area contributed by atoms with E-state index in [4.69, 9.17) is 4.74 Å². The summed E-state index contributed by atoms with van der Waals surface area (Å²) in [7, 11) is -13.2. The Morgan fingerprint density at radius 1 is 1.07 bits per heavy atom. The van der Waals surface area contributed by atoms with E-state index in [1.807, 2.05) is 24.2 Å². The van der Waals surface area contributed by atoms with Crippen LogP contribution in [-0.4, -0.2) is 64.1 Å². The number of hydrogen-bond donors (Lipinski definition) is 1. The molecular formula is C11H17F6N3O5S2. The average Bonchev–Trinajstić information content (AvgIpc) is 2.93. The Hall–Kier alpha value is -1.52. The van der Waals surface area contributed by atoms with Crippen LogP contribution in [0.3, 0.4) is 0 Å². The van der Waals surface area contributed by atoms with Gasteiger partial charge in [-0.1, -0.05) is 10.7 Å². The second-order valence-electron chi connectivity index (χ2n) is 4.63. The molecule has 0 spiro atoms. The van der Waals surface area contributed by atoms with Gasteiger partial charge in [-0.3, -0.25) is 0 Å². The van der Waals surface area contributed by atoms with Crippen molar-refractivity contribution in [1.29, 1.82) is 0 Å². The second-order valence-corrected chi connectivity index (χ2v) is 8.23. The van der Waals surface area contributed by atoms with Gasteiger partial charge in [0.15, 0.2) is 0 Å². The molecule has 8 nitrogen and oxygen atoms in total. The molecule has 0 amide bonds. The van der Waals surface area contributed by atoms with Gasteiger partial charge in [-0.05, 0) is 13.1 Å². The number of hydrogen-bond acceptors (Lipinski definition) is 7. The van der Waals surface area contributed by atoms with Crippen molar-refractivity contribution in [3.63, 3.8) is 0 Å². The Bertz CT molecular complexity index is 676. The highest BCUT2D eigenvalue weighted by Gasteiger charge is 2.55. The lowest BCUT2D eigenvalue weighted by atomic mass is 10.6. The smallest absolute Gasteiger partial charge is 0.380 e. The van der Waals surface area contributed by atoms with Gasteiger partial charge in [0.1, 0.15) is 0 Å². The number of rotatable bonds is 7. The van der Waals surface area contributed by atoms with E-state index in [1.54, 1.807) is 0 Å². The molecule has 1 heterocycles. The van der Waals surface area contributed by atoms with Gasteiger partial charge in [0.25, 0.3) is 0 Å². The maximum Gasteiger partial charge on any atom is 0.512 e. The molecule has 0 fully saturated rings. The summed E-state index contributed by atoms with van der Waals surface area (Å²) in [6.45, 7) is 9.14. The van der Waals surface area contributed by atoms with E-state index in [-0.39, 0.29) is 0 Å². The summed E-state index contributed by atoms with van der Waals surface area (Å²) in [5, 5.41) is 0. The maximum atomic E-state index is 11.5. The highest BCUT2D eigenvalue weighted by molar-refractivity contribution is 8.05. The predicted octanol–water partition coefficient (Wildman–Crippen LogP) is 1.49. The third-order valence-electron chi connectivity index (χ3n) is 2.60. The predicted molar refractivity (Wildman–Crippen MR) is 82.3 cm³/mol. The highest BCUT2D eigenvalue weighted by atomic mass is 32.3. The summed E-state index contributed by atoms with van der Waals surface area (Å²) in [6, 6.07) is 0. The van der Waals surface area contributed by atoms with Crippen molar-refractivity contribution in [2.45, 2.75) is 17.9 Å². The molecule has 0 bridgehead atoms. The van der Waals surface area contributed by atoms with Gasteiger partial charge in [-0.2, -0.15) is 26.3 Å². The van der Waals surface area contributed by atoms with Gasteiger partial charge in [0, 0.05) is 25.6 Å². The molecule has 1 aliphatic rings. The molecule has 1 N–H and O–H groups in total. The number of nitrogens with one attached hydrogen (secondary N) is 1. The fraction of sp³-hybridized carbons (Fsp3) is 0.636. The van der Waals surface area contributed by atoms with Crippen LogP contribution < -0.4 is 4.13 Å². The molecule has 0 aromatic heterocycles. The lowest BCUT2D eigenvalue weighted by Crippen LogP contribution is -2.45. The molecule has 0 unspecified atom stereocenters. The zero-order valence-electron chi connectivity index (χ0n) is 13.8. The number of ether oxygens (including phenoxy) is 1. The second kappa shape index (κ2) is 9.61. The van der Waals surface area contributed by atoms with E-state index in [0.717, 1.165) is 26.4 Å². The van der Waals surface area contributed by atoms with E-state index >= 15 is 0 Å². The van der Waals surface area contributed by atoms with Gasteiger partial charge >= 0.3 is 31.1 Å². The van der Waals surface area contributed by atoms with Gasteiger partial charge in [-0.25, -0.2) is 16.8 Å². The Balaban J connectivity index is 0.000000511. The molecule has 1 aliphatic heterocycles. The Labute approximate surface area is 152 Å². The van der Waals surface area contributed by atoms with Crippen LogP contribution in [0.2, 0.25) is 0 Å². The minimum atomic E-state index is -6.60. The van der Waals surface area contributed by atoms with Crippen molar-refractivity contribution in [2.24, 2.45) is 0 Å². The van der Waals surface area contributed by atoms with Crippen LogP contribution in [0.5, 0.6) is 0 Å². The number of nitrogens with zero attached hydrogens (tertiary/aromatic N) is 2. The van der Waals surface area contributed by atoms with Crippen LogP contribution in [0.25, 0.3) is 0 Å². The van der Waals surface area contributed by atoms with Crippen LogP contribution in [0.1, 0.15) is 6.92 Å². The fourth-order valence-electron chi connectivity index (χ4n) is 1.31. The lowest BCUT2D eigenvalue weighted by molar-refractivity contribution is -0.0476. The minimum Gasteiger partial charge on any atom is -0.380 e. The van der Waals surface area contributed by atoms with Crippen LogP contribution in [0.4, 0.5) is 26.3 Å². The van der Waals surface area contributed by atoms with Crippen molar-refractivity contribution in [3.05, 3.63) is 25.2 Å². The monoisotopic (exact) mass is 449 g/mol. The Morgan fingerprint density at radius 2 is 1.56 bits per heavy atom. The van der Waals surface area contributed by atoms with Gasteiger partial charge in [0.05, 0.1) is 13.3 Å². The third-order valence-corrected chi connectivity index (χ3v) is 5.58.